The second-order valence-corrected chi connectivity index (χ2v) is 5.79. The van der Waals surface area contributed by atoms with Crippen LogP contribution in [0.15, 0.2) is 0 Å². The maximum atomic E-state index is 2.54. The van der Waals surface area contributed by atoms with Crippen molar-refractivity contribution in [2.75, 3.05) is 0 Å². The lowest BCUT2D eigenvalue weighted by Gasteiger charge is -2.15. The molecule has 0 saturated heterocycles. The van der Waals surface area contributed by atoms with E-state index in [0.29, 0.717) is 0 Å². The maximum absolute atomic E-state index is 2.54. The summed E-state index contributed by atoms with van der Waals surface area (Å²) in [6.07, 6.45) is 2.55. The molecule has 2 heteroatoms. The van der Waals surface area contributed by atoms with Gasteiger partial charge in [0.2, 0.25) is 0 Å². The number of rotatable bonds is 4. The van der Waals surface area contributed by atoms with E-state index < -0.39 is 0 Å². The van der Waals surface area contributed by atoms with Gasteiger partial charge in [0, 0.05) is 7.85 Å². The van der Waals surface area contributed by atoms with E-state index in [4.69, 9.17) is 0 Å². The number of hydrogen-bond acceptors (Lipinski definition) is 0. The maximum Gasteiger partial charge on any atom is 0.0492 e. The lowest BCUT2D eigenvalue weighted by atomic mass is 10.1. The highest BCUT2D eigenvalue weighted by Gasteiger charge is 2.14. The van der Waals surface area contributed by atoms with Gasteiger partial charge < -0.3 is 0 Å². The molecule has 1 atom stereocenters. The van der Waals surface area contributed by atoms with E-state index in [1.165, 1.54) is 12.8 Å². The van der Waals surface area contributed by atoms with Gasteiger partial charge in [-0.25, -0.2) is 0 Å². The molecule has 0 bridgehead atoms. The summed E-state index contributed by atoms with van der Waals surface area (Å²) in [5.74, 6) is 0.832. The van der Waals surface area contributed by atoms with Gasteiger partial charge in [-0.3, -0.25) is 0 Å². The lowest BCUT2D eigenvalue weighted by Crippen LogP contribution is -2.07. The predicted octanol–water partition coefficient (Wildman–Crippen LogP) is 4.21. The summed E-state index contributed by atoms with van der Waals surface area (Å²) in [6.45, 7) is 6.80. The molecular formula is C8H15I2. The molecule has 0 aromatic carbocycles. The van der Waals surface area contributed by atoms with E-state index in [1.54, 1.807) is 3.92 Å². The Kier molecular flexibility index (Phi) is 6.91. The molecule has 0 amide bonds. The summed E-state index contributed by atoms with van der Waals surface area (Å²) in [4.78, 5) is 0. The van der Waals surface area contributed by atoms with Crippen LogP contribution in [0, 0.1) is 9.84 Å². The zero-order valence-corrected chi connectivity index (χ0v) is 11.1. The third-order valence-corrected chi connectivity index (χ3v) is 5.32. The molecule has 10 heavy (non-hydrogen) atoms. The van der Waals surface area contributed by atoms with Crippen LogP contribution in [0.25, 0.3) is 0 Å². The molecule has 0 nitrogen and oxygen atoms in total. The van der Waals surface area contributed by atoms with Crippen molar-refractivity contribution in [1.29, 1.82) is 0 Å². The van der Waals surface area contributed by atoms with Crippen molar-refractivity contribution in [1.82, 2.24) is 0 Å². The molecule has 0 aromatic heterocycles. The smallest absolute Gasteiger partial charge is 0.0492 e. The second kappa shape index (κ2) is 6.03. The normalized spacial score (nSPS) is 14.7. The lowest BCUT2D eigenvalue weighted by molar-refractivity contribution is 0.592. The standard InChI is InChI=1S/C8H15I2/c1-4-7(9)8(10)5-6(2)3/h6,8H,4-5H2,1-3H3. The Morgan fingerprint density at radius 2 is 1.90 bits per heavy atom. The highest BCUT2D eigenvalue weighted by molar-refractivity contribution is 14.1. The average molecular weight is 365 g/mol. The zero-order chi connectivity index (χ0) is 8.15. The molecule has 1 radical (unpaired) electrons. The third-order valence-electron chi connectivity index (χ3n) is 1.36. The molecule has 0 N–H and O–H groups in total. The van der Waals surface area contributed by atoms with Gasteiger partial charge >= 0.3 is 0 Å². The average Bonchev–Trinajstić information content (AvgIpc) is 1.85. The highest BCUT2D eigenvalue weighted by Crippen LogP contribution is 2.30. The van der Waals surface area contributed by atoms with Gasteiger partial charge in [-0.05, 0) is 18.8 Å². The van der Waals surface area contributed by atoms with Crippen LogP contribution >= 0.6 is 45.2 Å². The van der Waals surface area contributed by atoms with Gasteiger partial charge in [-0.2, -0.15) is 0 Å². The molecule has 0 heterocycles. The zero-order valence-electron chi connectivity index (χ0n) is 6.82. The van der Waals surface area contributed by atoms with Crippen LogP contribution in [0.5, 0.6) is 0 Å². The molecule has 0 rings (SSSR count). The van der Waals surface area contributed by atoms with Crippen LogP contribution in [-0.2, 0) is 0 Å². The minimum Gasteiger partial charge on any atom is -0.0811 e. The second-order valence-electron chi connectivity index (χ2n) is 2.90. The summed E-state index contributed by atoms with van der Waals surface area (Å²) >= 11 is 5.01. The summed E-state index contributed by atoms with van der Waals surface area (Å²) < 4.78 is 2.38. The number of alkyl halides is 1. The third kappa shape index (κ3) is 5.16. The first-order chi connectivity index (χ1) is 4.57. The highest BCUT2D eigenvalue weighted by atomic mass is 127. The molecule has 1 unspecified atom stereocenters. The van der Waals surface area contributed by atoms with Gasteiger partial charge in [0.05, 0.1) is 0 Å². The Hall–Kier alpha value is 1.46. The first-order valence-corrected chi connectivity index (χ1v) is 6.05. The minimum atomic E-state index is 0.781. The fourth-order valence-corrected chi connectivity index (χ4v) is 2.47. The van der Waals surface area contributed by atoms with Crippen molar-refractivity contribution in [3.63, 3.8) is 0 Å². The molecule has 0 aromatic rings. The quantitative estimate of drug-likeness (QED) is 0.517. The van der Waals surface area contributed by atoms with Crippen LogP contribution in [0.3, 0.4) is 0 Å². The van der Waals surface area contributed by atoms with Crippen LogP contribution in [-0.4, -0.2) is 3.92 Å². The summed E-state index contributed by atoms with van der Waals surface area (Å²) in [6, 6.07) is 0. The molecule has 0 fully saturated rings. The van der Waals surface area contributed by atoms with E-state index in [-0.39, 0.29) is 0 Å². The molecule has 0 aliphatic heterocycles. The Labute approximate surface area is 91.8 Å². The van der Waals surface area contributed by atoms with Gasteiger partial charge in [0.25, 0.3) is 0 Å². The van der Waals surface area contributed by atoms with Crippen molar-refractivity contribution >= 4 is 45.2 Å². The van der Waals surface area contributed by atoms with E-state index >= 15 is 0 Å². The van der Waals surface area contributed by atoms with Gasteiger partial charge in [-0.1, -0.05) is 66.0 Å². The van der Waals surface area contributed by atoms with Crippen molar-refractivity contribution < 1.29 is 0 Å². The fourth-order valence-electron chi connectivity index (χ4n) is 0.763. The van der Waals surface area contributed by atoms with Crippen LogP contribution < -0.4 is 0 Å². The van der Waals surface area contributed by atoms with Crippen LogP contribution in [0.1, 0.15) is 33.6 Å². The number of halogens is 2. The van der Waals surface area contributed by atoms with Crippen LogP contribution in [0.2, 0.25) is 0 Å². The fraction of sp³-hybridized carbons (Fsp3) is 0.875. The van der Waals surface area contributed by atoms with Crippen LogP contribution in [0.4, 0.5) is 0 Å². The van der Waals surface area contributed by atoms with E-state index in [2.05, 4.69) is 66.0 Å². The largest absolute Gasteiger partial charge is 0.0811 e. The van der Waals surface area contributed by atoms with Crippen molar-refractivity contribution in [3.05, 3.63) is 3.92 Å². The summed E-state index contributed by atoms with van der Waals surface area (Å²) in [5.41, 5.74) is 0. The van der Waals surface area contributed by atoms with Gasteiger partial charge in [0.1, 0.15) is 0 Å². The number of hydrogen-bond donors (Lipinski definition) is 0. The summed E-state index contributed by atoms with van der Waals surface area (Å²) in [5, 5.41) is 0. The topological polar surface area (TPSA) is 0 Å². The van der Waals surface area contributed by atoms with Gasteiger partial charge in [-0.15, -0.1) is 0 Å². The Morgan fingerprint density at radius 3 is 2.20 bits per heavy atom. The molecular weight excluding hydrogens is 350 g/mol. The molecule has 0 aliphatic carbocycles. The molecule has 0 aliphatic rings. The monoisotopic (exact) mass is 365 g/mol. The van der Waals surface area contributed by atoms with Crippen molar-refractivity contribution in [2.24, 2.45) is 5.92 Å². The van der Waals surface area contributed by atoms with E-state index in [9.17, 15) is 0 Å². The van der Waals surface area contributed by atoms with E-state index in [0.717, 1.165) is 9.84 Å². The Balaban J connectivity index is 3.50. The summed E-state index contributed by atoms with van der Waals surface area (Å²) in [7, 11) is 0. The van der Waals surface area contributed by atoms with Crippen molar-refractivity contribution in [2.45, 2.75) is 37.5 Å². The SMILES string of the molecule is CC[C](I)C(I)CC(C)C. The molecule has 0 saturated carbocycles. The Morgan fingerprint density at radius 1 is 1.40 bits per heavy atom. The first-order valence-electron chi connectivity index (χ1n) is 3.73. The van der Waals surface area contributed by atoms with Crippen molar-refractivity contribution in [3.8, 4) is 0 Å². The molecule has 61 valence electrons. The first kappa shape index (κ1) is 11.5. The minimum absolute atomic E-state index is 0.781. The van der Waals surface area contributed by atoms with E-state index in [1.807, 2.05) is 0 Å². The van der Waals surface area contributed by atoms with Gasteiger partial charge in [0.15, 0.2) is 0 Å². The molecule has 0 spiro atoms. The Bertz CT molecular complexity index is 81.3. The predicted molar refractivity (Wildman–Crippen MR) is 64.8 cm³/mol.